The van der Waals surface area contributed by atoms with Gasteiger partial charge in [0.2, 0.25) is 0 Å². The largest absolute Gasteiger partial charge is 0.384 e. The molecule has 5 heteroatoms. The summed E-state index contributed by atoms with van der Waals surface area (Å²) in [7, 11) is 2.06. The topological polar surface area (TPSA) is 71.4 Å². The molecule has 39 heavy (non-hydrogen) atoms. The highest BCUT2D eigenvalue weighted by Crippen LogP contribution is 2.28. The quantitative estimate of drug-likeness (QED) is 0.137. The van der Waals surface area contributed by atoms with Crippen LogP contribution >= 0.6 is 0 Å². The van der Waals surface area contributed by atoms with Crippen LogP contribution in [-0.4, -0.2) is 12.0 Å². The maximum Gasteiger partial charge on any atom is 0.118 e. The Morgan fingerprint density at radius 1 is 0.846 bits per heavy atom. The van der Waals surface area contributed by atoms with E-state index in [1.807, 2.05) is 73.7 Å². The molecule has 0 bridgehead atoms. The molecule has 5 nitrogen and oxygen atoms in total. The van der Waals surface area contributed by atoms with Gasteiger partial charge < -0.3 is 10.6 Å². The van der Waals surface area contributed by atoms with Crippen molar-refractivity contribution >= 4 is 22.5 Å². The second-order valence-corrected chi connectivity index (χ2v) is 9.27. The molecule has 0 amide bonds. The fraction of sp³-hybridized carbons (Fsp3) is 0.0882. The summed E-state index contributed by atoms with van der Waals surface area (Å²) in [6, 6.07) is 34.5. The first-order chi connectivity index (χ1) is 18.9. The van der Waals surface area contributed by atoms with Crippen molar-refractivity contribution in [2.45, 2.75) is 13.3 Å². The number of benzene rings is 3. The van der Waals surface area contributed by atoms with E-state index in [0.717, 1.165) is 34.5 Å². The predicted octanol–water partition coefficient (Wildman–Crippen LogP) is 6.94. The van der Waals surface area contributed by atoms with Gasteiger partial charge in [0.05, 0.1) is 11.4 Å². The van der Waals surface area contributed by atoms with Crippen molar-refractivity contribution in [3.05, 3.63) is 162 Å². The summed E-state index contributed by atoms with van der Waals surface area (Å²) in [6.45, 7) is 6.42. The van der Waals surface area contributed by atoms with Gasteiger partial charge in [-0.2, -0.15) is 0 Å². The molecule has 0 aliphatic rings. The third kappa shape index (κ3) is 7.12. The summed E-state index contributed by atoms with van der Waals surface area (Å²) in [4.78, 5) is 6.81. The van der Waals surface area contributed by atoms with Gasteiger partial charge in [-0.25, -0.2) is 5.84 Å². The normalized spacial score (nSPS) is 12.2. The second kappa shape index (κ2) is 13.1. The Kier molecular flexibility index (Phi) is 9.11. The molecular weight excluding hydrogens is 478 g/mol. The molecule has 0 fully saturated rings. The average molecular weight is 514 g/mol. The van der Waals surface area contributed by atoms with Crippen LogP contribution in [0.25, 0.3) is 11.1 Å². The van der Waals surface area contributed by atoms with Crippen molar-refractivity contribution in [1.29, 1.82) is 0 Å². The zero-order chi connectivity index (χ0) is 27.6. The molecule has 0 saturated carbocycles. The molecular formula is C34H35N5. The van der Waals surface area contributed by atoms with Gasteiger partial charge in [0.25, 0.3) is 0 Å². The molecule has 1 aromatic heterocycles. The highest BCUT2D eigenvalue weighted by molar-refractivity contribution is 5.80. The Bertz CT molecular complexity index is 1470. The maximum atomic E-state index is 6.51. The van der Waals surface area contributed by atoms with Crippen LogP contribution in [0, 0.1) is 0 Å². The van der Waals surface area contributed by atoms with E-state index < -0.39 is 0 Å². The molecule has 3 aromatic carbocycles. The van der Waals surface area contributed by atoms with Crippen LogP contribution in [0.3, 0.4) is 0 Å². The molecule has 0 aliphatic heterocycles. The minimum Gasteiger partial charge on any atom is -0.384 e. The minimum absolute atomic E-state index is 0.391. The van der Waals surface area contributed by atoms with Gasteiger partial charge >= 0.3 is 0 Å². The lowest BCUT2D eigenvalue weighted by atomic mass is 10.0. The van der Waals surface area contributed by atoms with Gasteiger partial charge in [0.1, 0.15) is 5.82 Å². The summed E-state index contributed by atoms with van der Waals surface area (Å²) >= 11 is 0. The monoisotopic (exact) mass is 513 g/mol. The number of hydrogen-bond acceptors (Lipinski definition) is 5. The SMILES string of the molecule is C=C(/C=C(\Cc1ccccc1)N(C)c1ccccc1)c1ncccc1N(N)/C(N)=C/C=C(\C)c1ccccc1. The minimum atomic E-state index is 0.391. The standard InChI is InChI=1S/C34H35N5/c1-26(29-16-9-5-10-17-29)21-22-33(35)39(36)32-20-13-23-37-34(32)27(2)24-31(25-28-14-7-4-8-15-28)38(3)30-18-11-6-12-19-30/h4-24H,2,25,35-36H2,1,3H3/b26-21+,31-24+,33-22+. The molecule has 0 spiro atoms. The van der Waals surface area contributed by atoms with Gasteiger partial charge in [-0.3, -0.25) is 9.99 Å². The molecule has 0 unspecified atom stereocenters. The van der Waals surface area contributed by atoms with Crippen molar-refractivity contribution in [3.8, 4) is 0 Å². The summed E-state index contributed by atoms with van der Waals surface area (Å²) in [5.74, 6) is 6.90. The van der Waals surface area contributed by atoms with Crippen LogP contribution in [0.4, 0.5) is 11.4 Å². The number of aromatic nitrogens is 1. The van der Waals surface area contributed by atoms with Crippen LogP contribution in [0.1, 0.15) is 23.7 Å². The van der Waals surface area contributed by atoms with Crippen molar-refractivity contribution in [3.63, 3.8) is 0 Å². The fourth-order valence-electron chi connectivity index (χ4n) is 4.22. The second-order valence-electron chi connectivity index (χ2n) is 9.27. The molecule has 0 saturated heterocycles. The van der Waals surface area contributed by atoms with Crippen LogP contribution in [-0.2, 0) is 6.42 Å². The van der Waals surface area contributed by atoms with Gasteiger partial charge in [0, 0.05) is 31.0 Å². The van der Waals surface area contributed by atoms with E-state index in [-0.39, 0.29) is 0 Å². The third-order valence-electron chi connectivity index (χ3n) is 6.50. The van der Waals surface area contributed by atoms with Gasteiger partial charge in [-0.1, -0.05) is 91.5 Å². The molecule has 4 aromatic rings. The average Bonchev–Trinajstić information content (AvgIpc) is 3.00. The number of hydrazine groups is 1. The number of nitrogens with two attached hydrogens (primary N) is 2. The molecule has 196 valence electrons. The van der Waals surface area contributed by atoms with Crippen LogP contribution in [0.15, 0.2) is 146 Å². The molecule has 4 N–H and O–H groups in total. The van der Waals surface area contributed by atoms with E-state index in [1.165, 1.54) is 10.6 Å². The number of hydrogen-bond donors (Lipinski definition) is 2. The van der Waals surface area contributed by atoms with Crippen LogP contribution < -0.4 is 21.5 Å². The maximum absolute atomic E-state index is 6.51. The Labute approximate surface area is 231 Å². The molecule has 4 rings (SSSR count). The number of likely N-dealkylation sites (N-methyl/N-ethyl adjacent to an activating group) is 1. The number of nitrogens with zero attached hydrogens (tertiary/aromatic N) is 3. The molecule has 0 atom stereocenters. The Hall–Kier alpha value is -4.87. The lowest BCUT2D eigenvalue weighted by Gasteiger charge is -2.25. The van der Waals surface area contributed by atoms with E-state index >= 15 is 0 Å². The third-order valence-corrected chi connectivity index (χ3v) is 6.50. The Morgan fingerprint density at radius 3 is 2.13 bits per heavy atom. The predicted molar refractivity (Wildman–Crippen MR) is 165 cm³/mol. The lowest BCUT2D eigenvalue weighted by Crippen LogP contribution is -2.35. The van der Waals surface area contributed by atoms with Crippen LogP contribution in [0.2, 0.25) is 0 Å². The van der Waals surface area contributed by atoms with Crippen molar-refractivity contribution in [2.24, 2.45) is 11.6 Å². The summed E-state index contributed by atoms with van der Waals surface area (Å²) < 4.78 is 0. The van der Waals surface area contributed by atoms with Crippen molar-refractivity contribution < 1.29 is 0 Å². The van der Waals surface area contributed by atoms with E-state index in [4.69, 9.17) is 11.6 Å². The van der Waals surface area contributed by atoms with Gasteiger partial charge in [-0.15, -0.1) is 0 Å². The highest BCUT2D eigenvalue weighted by atomic mass is 15.4. The van der Waals surface area contributed by atoms with Crippen molar-refractivity contribution in [1.82, 2.24) is 4.98 Å². The lowest BCUT2D eigenvalue weighted by molar-refractivity contribution is 0.963. The molecule has 1 heterocycles. The fourth-order valence-corrected chi connectivity index (χ4v) is 4.22. The zero-order valence-corrected chi connectivity index (χ0v) is 22.5. The number of anilines is 2. The summed E-state index contributed by atoms with van der Waals surface area (Å²) in [5.41, 5.74) is 14.0. The van der Waals surface area contributed by atoms with E-state index in [2.05, 4.69) is 78.1 Å². The Morgan fingerprint density at radius 2 is 1.46 bits per heavy atom. The van der Waals surface area contributed by atoms with Gasteiger partial charge in [-0.05, 0) is 65.6 Å². The summed E-state index contributed by atoms with van der Waals surface area (Å²) in [6.07, 6.45) is 8.30. The molecule has 0 aliphatic carbocycles. The number of pyridine rings is 1. The highest BCUT2D eigenvalue weighted by Gasteiger charge is 2.15. The number of rotatable bonds is 10. The van der Waals surface area contributed by atoms with E-state index in [1.54, 1.807) is 6.20 Å². The number of allylic oxidation sites excluding steroid dienone is 6. The first kappa shape index (κ1) is 27.2. The first-order valence-electron chi connectivity index (χ1n) is 12.9. The van der Waals surface area contributed by atoms with Crippen LogP contribution in [0.5, 0.6) is 0 Å². The van der Waals surface area contributed by atoms with E-state index in [0.29, 0.717) is 17.2 Å². The summed E-state index contributed by atoms with van der Waals surface area (Å²) in [5, 5.41) is 1.45. The molecule has 0 radical (unpaired) electrons. The smallest absolute Gasteiger partial charge is 0.118 e. The zero-order valence-electron chi connectivity index (χ0n) is 22.5. The van der Waals surface area contributed by atoms with E-state index in [9.17, 15) is 0 Å². The Balaban J connectivity index is 1.65. The first-order valence-corrected chi connectivity index (χ1v) is 12.9. The van der Waals surface area contributed by atoms with Crippen molar-refractivity contribution in [2.75, 3.05) is 17.0 Å². The van der Waals surface area contributed by atoms with Gasteiger partial charge in [0.15, 0.2) is 0 Å². The number of para-hydroxylation sites is 1.